The van der Waals surface area contributed by atoms with E-state index in [-0.39, 0.29) is 12.1 Å². The molecule has 1 aliphatic rings. The van der Waals surface area contributed by atoms with Crippen LogP contribution in [0.5, 0.6) is 0 Å². The van der Waals surface area contributed by atoms with Gasteiger partial charge >= 0.3 is 6.03 Å². The number of nitrogen functional groups attached to an aromatic ring is 1. The number of nitrogens with zero attached hydrogens (tertiary/aromatic N) is 4. The van der Waals surface area contributed by atoms with Crippen molar-refractivity contribution in [1.82, 2.24) is 24.8 Å². The number of hydrogen-bond acceptors (Lipinski definition) is 8. The van der Waals surface area contributed by atoms with E-state index in [1.54, 1.807) is 16.8 Å². The molecule has 212 valence electrons. The number of hydrogen-bond donors (Lipinski definition) is 5. The van der Waals surface area contributed by atoms with Gasteiger partial charge in [0, 0.05) is 37.6 Å². The lowest BCUT2D eigenvalue weighted by atomic mass is 10.1. The molecule has 1 saturated heterocycles. The monoisotopic (exact) mass is 539 g/mol. The Hall–Kier alpha value is -3.25. The number of aliphatic hydroxyl groups is 2. The Morgan fingerprint density at radius 3 is 2.64 bits per heavy atom. The van der Waals surface area contributed by atoms with Crippen molar-refractivity contribution in [3.05, 3.63) is 48.4 Å². The van der Waals surface area contributed by atoms with Gasteiger partial charge in [-0.2, -0.15) is 0 Å². The lowest BCUT2D eigenvalue weighted by Gasteiger charge is -2.30. The highest BCUT2D eigenvalue weighted by Crippen LogP contribution is 2.33. The molecule has 2 aromatic heterocycles. The molecule has 6 N–H and O–H groups in total. The average molecular weight is 540 g/mol. The van der Waals surface area contributed by atoms with Gasteiger partial charge in [0.1, 0.15) is 36.1 Å². The molecule has 1 fully saturated rings. The van der Waals surface area contributed by atoms with Crippen LogP contribution in [0.4, 0.5) is 16.3 Å². The Balaban J connectivity index is 1.26. The summed E-state index contributed by atoms with van der Waals surface area (Å²) in [4.78, 5) is 22.8. The Kier molecular flexibility index (Phi) is 9.73. The first-order valence-corrected chi connectivity index (χ1v) is 13.7. The second kappa shape index (κ2) is 13.2. The van der Waals surface area contributed by atoms with Crippen molar-refractivity contribution in [2.45, 2.75) is 77.0 Å². The number of carbonyl (C=O) groups excluding carboxylic acids is 1. The first kappa shape index (κ1) is 28.8. The van der Waals surface area contributed by atoms with Gasteiger partial charge in [-0.15, -0.1) is 0 Å². The lowest BCUT2D eigenvalue weighted by molar-refractivity contribution is -0.0465. The number of amides is 2. The normalized spacial score (nSPS) is 21.2. The van der Waals surface area contributed by atoms with Crippen LogP contribution < -0.4 is 16.4 Å². The number of nitrogens with two attached hydrogens (primary N) is 1. The van der Waals surface area contributed by atoms with Crippen LogP contribution in [0, 0.1) is 0 Å². The number of nitrogens with one attached hydrogen (secondary N) is 2. The number of unbranched alkanes of at least 4 members (excludes halogenated alkanes) is 1. The van der Waals surface area contributed by atoms with Crippen LogP contribution in [0.3, 0.4) is 0 Å². The molecule has 0 spiro atoms. The molecule has 4 atom stereocenters. The van der Waals surface area contributed by atoms with Crippen molar-refractivity contribution >= 4 is 28.6 Å². The molecule has 1 unspecified atom stereocenters. The molecule has 0 saturated carbocycles. The van der Waals surface area contributed by atoms with E-state index in [1.165, 1.54) is 11.9 Å². The predicted octanol–water partition coefficient (Wildman–Crippen LogP) is 2.90. The number of aliphatic hydroxyl groups excluding tert-OH is 2. The van der Waals surface area contributed by atoms with Crippen LogP contribution in [0.25, 0.3) is 11.0 Å². The highest BCUT2D eigenvalue weighted by Gasteiger charge is 2.44. The third kappa shape index (κ3) is 7.04. The minimum absolute atomic E-state index is 0.178. The average Bonchev–Trinajstić information content (AvgIpc) is 3.47. The van der Waals surface area contributed by atoms with E-state index in [1.807, 2.05) is 12.1 Å². The molecule has 11 heteroatoms. The Morgan fingerprint density at radius 2 is 1.92 bits per heavy atom. The molecule has 11 nitrogen and oxygen atoms in total. The Labute approximate surface area is 229 Å². The second-order valence-electron chi connectivity index (χ2n) is 10.4. The number of rotatable bonds is 12. The van der Waals surface area contributed by atoms with Gasteiger partial charge in [0.15, 0.2) is 6.23 Å². The minimum atomic E-state index is -1.12. The molecule has 1 aromatic carbocycles. The largest absolute Gasteiger partial charge is 0.387 e. The van der Waals surface area contributed by atoms with Gasteiger partial charge in [-0.25, -0.2) is 14.8 Å². The van der Waals surface area contributed by atoms with E-state index in [2.05, 4.69) is 58.4 Å². The van der Waals surface area contributed by atoms with Crippen molar-refractivity contribution in [2.24, 2.45) is 0 Å². The summed E-state index contributed by atoms with van der Waals surface area (Å²) in [6.07, 6.45) is 3.59. The molecule has 4 rings (SSSR count). The van der Waals surface area contributed by atoms with Crippen LogP contribution in [-0.2, 0) is 11.2 Å². The van der Waals surface area contributed by atoms with Gasteiger partial charge in [0.2, 0.25) is 0 Å². The summed E-state index contributed by atoms with van der Waals surface area (Å²) in [5.41, 5.74) is 8.51. The number of urea groups is 1. The fourth-order valence-electron chi connectivity index (χ4n) is 4.89. The third-order valence-corrected chi connectivity index (χ3v) is 7.23. The van der Waals surface area contributed by atoms with Crippen LogP contribution >= 0.6 is 0 Å². The maximum Gasteiger partial charge on any atom is 0.319 e. The van der Waals surface area contributed by atoms with E-state index in [4.69, 9.17) is 10.5 Å². The van der Waals surface area contributed by atoms with E-state index < -0.39 is 24.5 Å². The van der Waals surface area contributed by atoms with Crippen LogP contribution in [0.1, 0.15) is 51.8 Å². The van der Waals surface area contributed by atoms with Crippen molar-refractivity contribution in [3.8, 4) is 0 Å². The second-order valence-corrected chi connectivity index (χ2v) is 10.4. The molecule has 2 amide bonds. The highest BCUT2D eigenvalue weighted by molar-refractivity contribution is 5.89. The summed E-state index contributed by atoms with van der Waals surface area (Å²) in [5, 5.41) is 28.0. The number of anilines is 2. The van der Waals surface area contributed by atoms with E-state index in [0.29, 0.717) is 36.5 Å². The van der Waals surface area contributed by atoms with Gasteiger partial charge in [-0.05, 0) is 56.9 Å². The molecular weight excluding hydrogens is 498 g/mol. The zero-order chi connectivity index (χ0) is 27.9. The zero-order valence-corrected chi connectivity index (χ0v) is 23.0. The smallest absolute Gasteiger partial charge is 0.319 e. The Bertz CT molecular complexity index is 1220. The summed E-state index contributed by atoms with van der Waals surface area (Å²) in [6.45, 7) is 7.93. The fourth-order valence-corrected chi connectivity index (χ4v) is 4.89. The van der Waals surface area contributed by atoms with E-state index in [0.717, 1.165) is 31.4 Å². The van der Waals surface area contributed by atoms with E-state index >= 15 is 0 Å². The van der Waals surface area contributed by atoms with E-state index in [9.17, 15) is 15.0 Å². The predicted molar refractivity (Wildman–Crippen MR) is 151 cm³/mol. The molecule has 1 aliphatic heterocycles. The fraction of sp³-hybridized carbons (Fsp3) is 0.536. The number of benzene rings is 1. The molecule has 39 heavy (non-hydrogen) atoms. The van der Waals surface area contributed by atoms with Crippen LogP contribution in [-0.4, -0.2) is 79.7 Å². The standard InChI is InChI=1S/C28H41N7O4/c1-4-5-7-19-8-10-20(11-9-19)33-28(38)30-13-6-14-34(18(2)3)16-22-23(36)24(37)27(39-22)35-15-12-21-25(29)31-17-32-26(21)35/h8-12,15,17-18,22-24,27,36-37H,4-7,13-14,16H2,1-3H3,(H2,29,31,32)(H2,30,33,38)/t22?,23-,24-,27-/m1/s1. The summed E-state index contributed by atoms with van der Waals surface area (Å²) >= 11 is 0. The van der Waals surface area contributed by atoms with Crippen molar-refractivity contribution in [2.75, 3.05) is 30.7 Å². The van der Waals surface area contributed by atoms with Gasteiger partial charge in [-0.1, -0.05) is 25.5 Å². The molecule has 0 bridgehead atoms. The number of carbonyl (C=O) groups is 1. The molecule has 0 aliphatic carbocycles. The molecule has 3 heterocycles. The topological polar surface area (TPSA) is 151 Å². The molecule has 3 aromatic rings. The first-order chi connectivity index (χ1) is 18.8. The lowest BCUT2D eigenvalue weighted by Crippen LogP contribution is -2.44. The number of aryl methyl sites for hydroxylation is 1. The van der Waals surface area contributed by atoms with Crippen molar-refractivity contribution in [1.29, 1.82) is 0 Å². The number of aromatic nitrogens is 3. The van der Waals surface area contributed by atoms with Crippen LogP contribution in [0.15, 0.2) is 42.9 Å². The van der Waals surface area contributed by atoms with Crippen molar-refractivity contribution < 1.29 is 19.7 Å². The van der Waals surface area contributed by atoms with Crippen molar-refractivity contribution in [3.63, 3.8) is 0 Å². The third-order valence-electron chi connectivity index (χ3n) is 7.23. The number of ether oxygens (including phenoxy) is 1. The maximum atomic E-state index is 12.3. The number of fused-ring (bicyclic) bond motifs is 1. The summed E-state index contributed by atoms with van der Waals surface area (Å²) in [5.74, 6) is 0.344. The Morgan fingerprint density at radius 1 is 1.15 bits per heavy atom. The molecular formula is C28H41N7O4. The van der Waals surface area contributed by atoms with Gasteiger partial charge in [-0.3, -0.25) is 4.90 Å². The summed E-state index contributed by atoms with van der Waals surface area (Å²) in [7, 11) is 0. The highest BCUT2D eigenvalue weighted by atomic mass is 16.6. The van der Waals surface area contributed by atoms with Gasteiger partial charge < -0.3 is 35.9 Å². The maximum absolute atomic E-state index is 12.3. The molecule has 0 radical (unpaired) electrons. The van der Waals surface area contributed by atoms with Gasteiger partial charge in [0.05, 0.1) is 5.39 Å². The van der Waals surface area contributed by atoms with Gasteiger partial charge in [0.25, 0.3) is 0 Å². The van der Waals surface area contributed by atoms with Crippen LogP contribution in [0.2, 0.25) is 0 Å². The summed E-state index contributed by atoms with van der Waals surface area (Å²) < 4.78 is 7.82. The SMILES string of the molecule is CCCCc1ccc(NC(=O)NCCCN(CC2O[C@@H](n3ccc4c(N)ncnc43)[C@H](O)[C@@H]2O)C(C)C)cc1. The summed E-state index contributed by atoms with van der Waals surface area (Å²) in [6, 6.07) is 9.67. The minimum Gasteiger partial charge on any atom is -0.387 e. The zero-order valence-electron chi connectivity index (χ0n) is 23.0. The quantitative estimate of drug-likeness (QED) is 0.221. The first-order valence-electron chi connectivity index (χ1n) is 13.7.